The molecule has 3 aliphatic carbocycles. The molecule has 19 nitrogen and oxygen atoms in total. The highest BCUT2D eigenvalue weighted by Crippen LogP contribution is 2.44. The average molecular weight is 1300 g/mol. The highest BCUT2D eigenvalue weighted by atomic mass is 16.5. The number of ether oxygens (including phenoxy) is 1. The number of esters is 1. The normalized spacial score (nSPS) is 27.0. The van der Waals surface area contributed by atoms with E-state index in [1.807, 2.05) is 52.4 Å². The molecule has 95 heavy (non-hydrogen) atoms. The van der Waals surface area contributed by atoms with Crippen LogP contribution in [-0.2, 0) is 14.3 Å². The second-order valence-electron chi connectivity index (χ2n) is 32.0. The summed E-state index contributed by atoms with van der Waals surface area (Å²) in [6.07, 6.45) is 27.9. The summed E-state index contributed by atoms with van der Waals surface area (Å²) in [5.41, 5.74) is 5.11. The molecule has 3 aromatic heterocycles. The van der Waals surface area contributed by atoms with Crippen molar-refractivity contribution >= 4 is 80.3 Å². The maximum absolute atomic E-state index is 13.6. The molecule has 4 bridgehead atoms. The van der Waals surface area contributed by atoms with E-state index in [2.05, 4.69) is 98.2 Å². The van der Waals surface area contributed by atoms with Crippen molar-refractivity contribution in [3.05, 3.63) is 89.9 Å². The molecule has 3 saturated carbocycles. The number of amides is 2. The summed E-state index contributed by atoms with van der Waals surface area (Å²) in [6.45, 7) is 21.0. The monoisotopic (exact) mass is 1300 g/mol. The summed E-state index contributed by atoms with van der Waals surface area (Å²) in [4.78, 5) is 93.3. The Bertz CT molecular complexity index is 3690. The zero-order chi connectivity index (χ0) is 67.5. The number of carbonyl (C=O) groups is 5. The van der Waals surface area contributed by atoms with Gasteiger partial charge in [-0.1, -0.05) is 62.3 Å². The van der Waals surface area contributed by atoms with Crippen molar-refractivity contribution < 1.29 is 38.9 Å². The average Bonchev–Trinajstić information content (AvgIpc) is 0.782. The van der Waals surface area contributed by atoms with E-state index in [1.54, 1.807) is 30.6 Å². The third-order valence-electron chi connectivity index (χ3n) is 22.6. The molecular formula is C76H103N11O8. The summed E-state index contributed by atoms with van der Waals surface area (Å²) >= 11 is 0. The van der Waals surface area contributed by atoms with E-state index in [0.29, 0.717) is 89.0 Å². The number of anilines is 3. The van der Waals surface area contributed by atoms with Crippen molar-refractivity contribution in [3.63, 3.8) is 0 Å². The maximum Gasteiger partial charge on any atom is 0.335 e. The molecule has 4 unspecified atom stereocenters. The molecule has 7 heterocycles. The number of carboxylic acid groups (broad SMARTS) is 2. The summed E-state index contributed by atoms with van der Waals surface area (Å²) in [5, 5.41) is 31.5. The Balaban J connectivity index is 0.000000148. The molecule has 6 aromatic rings. The van der Waals surface area contributed by atoms with Crippen LogP contribution in [0.1, 0.15) is 235 Å². The van der Waals surface area contributed by atoms with Crippen molar-refractivity contribution in [3.8, 4) is 0 Å². The van der Waals surface area contributed by atoms with E-state index in [9.17, 15) is 29.1 Å². The van der Waals surface area contributed by atoms with Crippen LogP contribution in [0.15, 0.2) is 73.2 Å². The first-order valence-corrected chi connectivity index (χ1v) is 35.5. The highest BCUT2D eigenvalue weighted by Gasteiger charge is 2.45. The number of rotatable bonds is 11. The van der Waals surface area contributed by atoms with Gasteiger partial charge in [-0.3, -0.25) is 19.2 Å². The fraction of sp³-hybridized carbons (Fsp3) is 0.618. The molecule has 0 radical (unpaired) electrons. The van der Waals surface area contributed by atoms with Crippen LogP contribution < -0.4 is 16.0 Å². The number of benzene rings is 3. The number of methoxy groups -OCH3 is 1. The lowest BCUT2D eigenvalue weighted by atomic mass is 9.71. The van der Waals surface area contributed by atoms with Crippen LogP contribution in [0, 0.1) is 45.8 Å². The van der Waals surface area contributed by atoms with Gasteiger partial charge < -0.3 is 40.7 Å². The lowest BCUT2D eigenvalue weighted by Gasteiger charge is -2.48. The fourth-order valence-corrected chi connectivity index (χ4v) is 16.9. The molecule has 3 aromatic carbocycles. The second-order valence-corrected chi connectivity index (χ2v) is 32.0. The number of carbonyl (C=O) groups excluding carboxylic acids is 3. The van der Waals surface area contributed by atoms with Crippen LogP contribution in [0.2, 0.25) is 0 Å². The van der Waals surface area contributed by atoms with Crippen LogP contribution in [-0.4, -0.2) is 129 Å². The smallest absolute Gasteiger partial charge is 0.335 e. The van der Waals surface area contributed by atoms with Gasteiger partial charge in [0.1, 0.15) is 0 Å². The Labute approximate surface area is 561 Å². The van der Waals surface area contributed by atoms with E-state index in [-0.39, 0.29) is 59.4 Å². The zero-order valence-electron chi connectivity index (χ0n) is 57.8. The Morgan fingerprint density at radius 2 is 0.737 bits per heavy atom. The molecular weight excluding hydrogens is 1190 g/mol. The number of nitrogens with zero attached hydrogens (tertiary/aromatic N) is 8. The number of aromatic carboxylic acids is 1. The van der Waals surface area contributed by atoms with Gasteiger partial charge in [-0.25, -0.2) is 34.7 Å². The summed E-state index contributed by atoms with van der Waals surface area (Å²) in [6, 6.07) is 17.8. The number of hydrogen-bond donors (Lipinski definition) is 5. The highest BCUT2D eigenvalue weighted by molar-refractivity contribution is 6.00. The molecule has 5 N–H and O–H groups in total. The molecule has 4 aliphatic heterocycles. The molecule has 2 amide bonds. The number of hydrogen-bond acceptors (Lipinski definition) is 15. The molecule has 4 saturated heterocycles. The number of fused-ring (bicyclic) bond motifs is 7. The molecule has 13 rings (SSSR count). The minimum absolute atomic E-state index is 0.00301. The van der Waals surface area contributed by atoms with Gasteiger partial charge in [-0.05, 0) is 230 Å². The van der Waals surface area contributed by atoms with Crippen molar-refractivity contribution in [2.75, 3.05) is 23.1 Å². The molecule has 0 spiro atoms. The van der Waals surface area contributed by atoms with Gasteiger partial charge in [0.15, 0.2) is 0 Å². The van der Waals surface area contributed by atoms with Crippen molar-refractivity contribution in [2.45, 2.75) is 246 Å². The van der Waals surface area contributed by atoms with Crippen LogP contribution >= 0.6 is 0 Å². The topological polar surface area (TPSA) is 255 Å². The van der Waals surface area contributed by atoms with Gasteiger partial charge >= 0.3 is 17.9 Å². The van der Waals surface area contributed by atoms with E-state index in [1.165, 1.54) is 45.6 Å². The molecule has 4 atom stereocenters. The van der Waals surface area contributed by atoms with Gasteiger partial charge in [0.25, 0.3) is 11.8 Å². The second kappa shape index (κ2) is 29.0. The van der Waals surface area contributed by atoms with E-state index >= 15 is 0 Å². The van der Waals surface area contributed by atoms with E-state index < -0.39 is 11.9 Å². The van der Waals surface area contributed by atoms with Crippen molar-refractivity contribution in [1.82, 2.24) is 39.7 Å². The van der Waals surface area contributed by atoms with Gasteiger partial charge in [0.2, 0.25) is 17.8 Å². The maximum atomic E-state index is 13.6. The quantitative estimate of drug-likeness (QED) is 0.0756. The number of aromatic nitrogens is 6. The van der Waals surface area contributed by atoms with Crippen LogP contribution in [0.3, 0.4) is 0 Å². The molecule has 7 aliphatic rings. The van der Waals surface area contributed by atoms with Crippen molar-refractivity contribution in [1.29, 1.82) is 0 Å². The van der Waals surface area contributed by atoms with Gasteiger partial charge in [-0.15, -0.1) is 0 Å². The molecule has 510 valence electrons. The minimum Gasteiger partial charge on any atom is -0.481 e. The lowest BCUT2D eigenvalue weighted by Crippen LogP contribution is -2.55. The predicted molar refractivity (Wildman–Crippen MR) is 372 cm³/mol. The first kappa shape index (κ1) is 68.8. The van der Waals surface area contributed by atoms with Gasteiger partial charge in [0.05, 0.1) is 41.1 Å². The first-order chi connectivity index (χ1) is 45.2. The standard InChI is InChI=1S/C29H40N4O3.C28H38N4O3.C19H25N3O2/c1-29(2,3)21-9-11-22(12-10-21)31-28-30-17-20-14-18(8-13-25(20)32-28)26(34)33-23-6-5-7-24(33)16-19(15-23)27(35)36-4;1-28(2,3)20-8-10-21(11-9-20)30-27-29-16-19-13-17(7-12-24(19)31-27)25(33)32-22-5-4-6-23(32)15-18(14-22)26(34)35;1-19(2,3)14-5-7-15(8-6-14)21-18-20-11-13-10-12(17(23)24)4-9-16(13)22-18/h8,13-14,17,19,21-24H,5-7,9-12,15-16H2,1-4H3,(H,30,31,32);7,12-13,16,18,20-23H,4-6,8-11,14-15H2,1-3H3,(H,34,35)(H,29,30,31);4,9-11,14-15H,5-8H2,1-3H3,(H,23,24)(H,20,21,22). The van der Waals surface area contributed by atoms with Crippen molar-refractivity contribution in [2.24, 2.45) is 45.8 Å². The number of piperidine rings is 4. The van der Waals surface area contributed by atoms with E-state index in [0.717, 1.165) is 128 Å². The third-order valence-corrected chi connectivity index (χ3v) is 22.6. The summed E-state index contributed by atoms with van der Waals surface area (Å²) in [7, 11) is 1.45. The summed E-state index contributed by atoms with van der Waals surface area (Å²) < 4.78 is 5.00. The Hall–Kier alpha value is -7.57. The predicted octanol–water partition coefficient (Wildman–Crippen LogP) is 15.4. The van der Waals surface area contributed by atoms with Gasteiger partial charge in [-0.2, -0.15) is 0 Å². The zero-order valence-corrected chi connectivity index (χ0v) is 57.8. The third kappa shape index (κ3) is 16.6. The van der Waals surface area contributed by atoms with Crippen LogP contribution in [0.5, 0.6) is 0 Å². The van der Waals surface area contributed by atoms with E-state index in [4.69, 9.17) is 19.8 Å². The van der Waals surface area contributed by atoms with Gasteiger partial charge in [0, 0.05) is 88.2 Å². The fourth-order valence-electron chi connectivity index (χ4n) is 16.9. The molecule has 19 heteroatoms. The van der Waals surface area contributed by atoms with Crippen LogP contribution in [0.25, 0.3) is 32.7 Å². The van der Waals surface area contributed by atoms with Crippen LogP contribution in [0.4, 0.5) is 17.8 Å². The molecule has 7 fully saturated rings. The number of nitrogens with one attached hydrogen (secondary N) is 3. The largest absolute Gasteiger partial charge is 0.481 e. The number of aliphatic carboxylic acids is 1. The SMILES string of the molecule is CC(C)(C)C1CCC(Nc2ncc3cc(C(=O)N4C5CCCC4CC(C(=O)O)C5)ccc3n2)CC1.CC(C)(C)C1CCC(Nc2ncc3cc(C(=O)O)ccc3n2)CC1.COC(=O)C1CC2CCCC(C1)N2C(=O)c1ccc2nc(NC3CCC(C(C)(C)C)CC3)ncc2c1. The number of carboxylic acids is 2. The Morgan fingerprint density at radius 3 is 1.03 bits per heavy atom. The first-order valence-electron chi connectivity index (χ1n) is 35.5. The minimum atomic E-state index is -0.935. The lowest BCUT2D eigenvalue weighted by molar-refractivity contribution is -0.149. The Kier molecular flexibility index (Phi) is 21.0. The summed E-state index contributed by atoms with van der Waals surface area (Å²) in [5.74, 6) is 2.07. The Morgan fingerprint density at radius 1 is 0.432 bits per heavy atom.